The summed E-state index contributed by atoms with van der Waals surface area (Å²) in [5, 5.41) is 3.58. The predicted octanol–water partition coefficient (Wildman–Crippen LogP) is 5.73. The van der Waals surface area contributed by atoms with Gasteiger partial charge in [-0.25, -0.2) is 0 Å². The molecule has 1 aliphatic carbocycles. The number of piperazine rings is 1. The van der Waals surface area contributed by atoms with E-state index in [1.165, 1.54) is 12.5 Å². The number of hydrogen-bond acceptors (Lipinski definition) is 6. The van der Waals surface area contributed by atoms with E-state index in [2.05, 4.69) is 21.2 Å². The summed E-state index contributed by atoms with van der Waals surface area (Å²) in [4.78, 5) is 39.7. The topological polar surface area (TPSA) is 79.0 Å². The van der Waals surface area contributed by atoms with E-state index < -0.39 is 0 Å². The van der Waals surface area contributed by atoms with Crippen LogP contribution in [0.25, 0.3) is 0 Å². The summed E-state index contributed by atoms with van der Waals surface area (Å²) < 4.78 is 5.95. The van der Waals surface area contributed by atoms with Gasteiger partial charge in [0, 0.05) is 51.9 Å². The Kier molecular flexibility index (Phi) is 10.7. The number of halogens is 2. The third-order valence-corrected chi connectivity index (χ3v) is 8.23. The van der Waals surface area contributed by atoms with E-state index in [1.54, 1.807) is 6.07 Å². The monoisotopic (exact) mass is 573 g/mol. The predicted molar refractivity (Wildman–Crippen MR) is 156 cm³/mol. The number of unbranched alkanes of at least 4 members (excludes halogenated alkanes) is 1. The molecule has 39 heavy (non-hydrogen) atoms. The third kappa shape index (κ3) is 8.44. The fourth-order valence-electron chi connectivity index (χ4n) is 5.11. The molecule has 0 saturated carbocycles. The summed E-state index contributed by atoms with van der Waals surface area (Å²) in [6.07, 6.45) is 5.21. The fraction of sp³-hybridized carbons (Fsp3) is 0.500. The number of fused-ring (bicyclic) bond motifs is 1. The maximum absolute atomic E-state index is 12.2. The molecule has 1 saturated heterocycles. The van der Waals surface area contributed by atoms with E-state index in [-0.39, 0.29) is 18.1 Å². The number of nitrogens with one attached hydrogen (secondary N) is 1. The van der Waals surface area contributed by atoms with Gasteiger partial charge in [0.15, 0.2) is 0 Å². The lowest BCUT2D eigenvalue weighted by Crippen LogP contribution is -2.46. The molecule has 4 rings (SSSR count). The highest BCUT2D eigenvalue weighted by Gasteiger charge is 2.21. The van der Waals surface area contributed by atoms with Crippen LogP contribution in [0, 0.1) is 0 Å². The van der Waals surface area contributed by atoms with Crippen molar-refractivity contribution in [1.82, 2.24) is 4.90 Å². The molecule has 0 unspecified atom stereocenters. The number of ketones is 2. The van der Waals surface area contributed by atoms with Gasteiger partial charge in [0.2, 0.25) is 5.91 Å². The summed E-state index contributed by atoms with van der Waals surface area (Å²) in [5.74, 6) is 1.05. The molecule has 0 spiro atoms. The first-order valence-electron chi connectivity index (χ1n) is 13.8. The Labute approximate surface area is 240 Å². The van der Waals surface area contributed by atoms with Gasteiger partial charge in [-0.3, -0.25) is 14.5 Å². The molecule has 0 radical (unpaired) electrons. The highest BCUT2D eigenvalue weighted by molar-refractivity contribution is 6.45. The quantitative estimate of drug-likeness (QED) is 0.327. The Bertz CT molecular complexity index is 1190. The van der Waals surface area contributed by atoms with Gasteiger partial charge in [-0.2, -0.15) is 0 Å². The van der Waals surface area contributed by atoms with Crippen LogP contribution in [-0.2, 0) is 27.2 Å². The molecule has 210 valence electrons. The number of hydrogen-bond donors (Lipinski definition) is 1. The van der Waals surface area contributed by atoms with Crippen molar-refractivity contribution in [2.24, 2.45) is 0 Å². The lowest BCUT2D eigenvalue weighted by molar-refractivity contribution is -0.119. The Morgan fingerprint density at radius 1 is 0.923 bits per heavy atom. The second-order valence-corrected chi connectivity index (χ2v) is 11.2. The van der Waals surface area contributed by atoms with Crippen LogP contribution >= 0.6 is 23.2 Å². The SMILES string of the molecule is CC(=O)CCCC(=O)Nc1ccc(N2CCN(CCCCOc3ccc4c(c3)CC(=O)CC4)CC2)c(Cl)c1Cl. The highest BCUT2D eigenvalue weighted by Crippen LogP contribution is 2.38. The molecule has 0 atom stereocenters. The summed E-state index contributed by atoms with van der Waals surface area (Å²) in [7, 11) is 0. The van der Waals surface area contributed by atoms with Gasteiger partial charge in [-0.1, -0.05) is 29.3 Å². The third-order valence-electron chi connectivity index (χ3n) is 7.36. The summed E-state index contributed by atoms with van der Waals surface area (Å²) in [6, 6.07) is 9.84. The second-order valence-electron chi connectivity index (χ2n) is 10.4. The van der Waals surface area contributed by atoms with Crippen molar-refractivity contribution >= 4 is 52.1 Å². The minimum Gasteiger partial charge on any atom is -0.494 e. The number of anilines is 2. The number of carbonyl (C=O) groups excluding carboxylic acids is 3. The highest BCUT2D eigenvalue weighted by atomic mass is 35.5. The summed E-state index contributed by atoms with van der Waals surface area (Å²) in [5.41, 5.74) is 3.74. The van der Waals surface area contributed by atoms with Crippen LogP contribution in [0.3, 0.4) is 0 Å². The molecule has 9 heteroatoms. The maximum Gasteiger partial charge on any atom is 0.224 e. The summed E-state index contributed by atoms with van der Waals surface area (Å²) in [6.45, 7) is 6.75. The van der Waals surface area contributed by atoms with E-state index in [0.29, 0.717) is 53.8 Å². The van der Waals surface area contributed by atoms with Crippen molar-refractivity contribution in [3.63, 3.8) is 0 Å². The zero-order valence-corrected chi connectivity index (χ0v) is 24.1. The van der Waals surface area contributed by atoms with Crippen LogP contribution in [0.5, 0.6) is 5.75 Å². The molecule has 1 N–H and O–H groups in total. The van der Waals surface area contributed by atoms with Gasteiger partial charge in [-0.05, 0) is 74.5 Å². The van der Waals surface area contributed by atoms with E-state index >= 15 is 0 Å². The number of aryl methyl sites for hydroxylation is 1. The van der Waals surface area contributed by atoms with E-state index in [0.717, 1.165) is 69.0 Å². The van der Waals surface area contributed by atoms with Gasteiger partial charge in [-0.15, -0.1) is 0 Å². The van der Waals surface area contributed by atoms with Crippen molar-refractivity contribution < 1.29 is 19.1 Å². The zero-order chi connectivity index (χ0) is 27.8. The van der Waals surface area contributed by atoms with Crippen molar-refractivity contribution in [2.45, 2.75) is 58.3 Å². The standard InChI is InChI=1S/C30H37Cl2N3O4/c1-21(36)5-4-6-28(38)33-26-11-12-27(30(32)29(26)31)35-16-14-34(15-17-35)13-2-3-18-39-25-10-8-22-7-9-24(37)19-23(22)20-25/h8,10-12,20H,2-7,9,13-19H2,1H3,(H,33,38). The Morgan fingerprint density at radius 3 is 2.49 bits per heavy atom. The Balaban J connectivity index is 1.16. The maximum atomic E-state index is 12.2. The van der Waals surface area contributed by atoms with Crippen molar-refractivity contribution in [2.75, 3.05) is 49.5 Å². The average molecular weight is 575 g/mol. The first kappa shape index (κ1) is 29.4. The number of benzene rings is 2. The summed E-state index contributed by atoms with van der Waals surface area (Å²) >= 11 is 13.1. The molecular formula is C30H37Cl2N3O4. The normalized spacial score (nSPS) is 15.7. The molecule has 0 aromatic heterocycles. The van der Waals surface area contributed by atoms with Crippen LogP contribution in [0.1, 0.15) is 56.6 Å². The van der Waals surface area contributed by atoms with Crippen LogP contribution in [-0.4, -0.2) is 61.7 Å². The number of rotatable bonds is 12. The van der Waals surface area contributed by atoms with Gasteiger partial charge in [0.1, 0.15) is 17.3 Å². The van der Waals surface area contributed by atoms with E-state index in [4.69, 9.17) is 27.9 Å². The van der Waals surface area contributed by atoms with Crippen molar-refractivity contribution in [3.05, 3.63) is 51.5 Å². The lowest BCUT2D eigenvalue weighted by Gasteiger charge is -2.36. The number of amides is 1. The zero-order valence-electron chi connectivity index (χ0n) is 22.6. The second kappa shape index (κ2) is 14.1. The first-order chi connectivity index (χ1) is 18.8. The number of Topliss-reactive ketones (excluding diaryl/α,β-unsaturated/α-hetero) is 2. The van der Waals surface area contributed by atoms with Crippen molar-refractivity contribution in [3.8, 4) is 5.75 Å². The average Bonchev–Trinajstić information content (AvgIpc) is 2.91. The molecule has 2 aromatic carbocycles. The lowest BCUT2D eigenvalue weighted by atomic mass is 9.91. The number of ether oxygens (including phenoxy) is 1. The Hall–Kier alpha value is -2.61. The molecule has 1 fully saturated rings. The molecular weight excluding hydrogens is 537 g/mol. The van der Waals surface area contributed by atoms with E-state index in [1.807, 2.05) is 18.2 Å². The molecule has 0 bridgehead atoms. The van der Waals surface area contributed by atoms with Gasteiger partial charge >= 0.3 is 0 Å². The molecule has 7 nitrogen and oxygen atoms in total. The molecule has 1 heterocycles. The minimum atomic E-state index is -0.180. The molecule has 1 amide bonds. The van der Waals surface area contributed by atoms with Gasteiger partial charge in [0.05, 0.1) is 28.0 Å². The fourth-order valence-corrected chi connectivity index (χ4v) is 5.60. The van der Waals surface area contributed by atoms with E-state index in [9.17, 15) is 14.4 Å². The smallest absolute Gasteiger partial charge is 0.224 e. The minimum absolute atomic E-state index is 0.0727. The Morgan fingerprint density at radius 2 is 1.72 bits per heavy atom. The number of carbonyl (C=O) groups is 3. The van der Waals surface area contributed by atoms with Crippen LogP contribution < -0.4 is 15.0 Å². The molecule has 2 aromatic rings. The number of nitrogens with zero attached hydrogens (tertiary/aromatic N) is 2. The van der Waals surface area contributed by atoms with Crippen LogP contribution in [0.4, 0.5) is 11.4 Å². The van der Waals surface area contributed by atoms with Crippen LogP contribution in [0.2, 0.25) is 10.0 Å². The van der Waals surface area contributed by atoms with Crippen LogP contribution in [0.15, 0.2) is 30.3 Å². The first-order valence-corrected chi connectivity index (χ1v) is 14.6. The largest absolute Gasteiger partial charge is 0.494 e. The van der Waals surface area contributed by atoms with Gasteiger partial charge in [0.25, 0.3) is 0 Å². The van der Waals surface area contributed by atoms with Gasteiger partial charge < -0.3 is 19.7 Å². The molecule has 2 aliphatic rings. The van der Waals surface area contributed by atoms with Crippen molar-refractivity contribution in [1.29, 1.82) is 0 Å². The molecule has 1 aliphatic heterocycles.